The fourth-order valence-corrected chi connectivity index (χ4v) is 0.987. The zero-order chi connectivity index (χ0) is 9.14. The molecule has 1 aromatic rings. The zero-order valence-corrected chi connectivity index (χ0v) is 6.62. The number of rotatable bonds is 2. The summed E-state index contributed by atoms with van der Waals surface area (Å²) in [6.07, 6.45) is 0. The molecule has 0 atom stereocenters. The van der Waals surface area contributed by atoms with Crippen molar-refractivity contribution in [3.8, 4) is 0 Å². The van der Waals surface area contributed by atoms with Gasteiger partial charge in [0.2, 0.25) is 0 Å². The molecule has 62 valence electrons. The SMILES string of the molecule is NC(=[NH2+])c1ccccc1C(N)=[NH2+]. The summed E-state index contributed by atoms with van der Waals surface area (Å²) in [6.45, 7) is 0. The van der Waals surface area contributed by atoms with Gasteiger partial charge in [0.15, 0.2) is 0 Å². The van der Waals surface area contributed by atoms with Crippen molar-refractivity contribution in [2.75, 3.05) is 0 Å². The van der Waals surface area contributed by atoms with E-state index in [1.165, 1.54) is 0 Å². The molecule has 0 unspecified atom stereocenters. The molecular formula is C8H12N4+2. The van der Waals surface area contributed by atoms with Gasteiger partial charge in [0.05, 0.1) is 11.1 Å². The van der Waals surface area contributed by atoms with Crippen LogP contribution in [0, 0.1) is 0 Å². The third-order valence-electron chi connectivity index (χ3n) is 1.55. The van der Waals surface area contributed by atoms with Crippen molar-refractivity contribution < 1.29 is 10.8 Å². The summed E-state index contributed by atoms with van der Waals surface area (Å²) in [4.78, 5) is 0. The molecule has 4 heteroatoms. The van der Waals surface area contributed by atoms with Crippen LogP contribution in [-0.4, -0.2) is 11.7 Å². The number of hydrogen-bond acceptors (Lipinski definition) is 0. The fourth-order valence-electron chi connectivity index (χ4n) is 0.987. The van der Waals surface area contributed by atoms with E-state index < -0.39 is 0 Å². The van der Waals surface area contributed by atoms with Gasteiger partial charge in [0.25, 0.3) is 11.7 Å². The van der Waals surface area contributed by atoms with E-state index in [9.17, 15) is 0 Å². The molecule has 8 N–H and O–H groups in total. The van der Waals surface area contributed by atoms with E-state index in [2.05, 4.69) is 0 Å². The summed E-state index contributed by atoms with van der Waals surface area (Å²) in [6, 6.07) is 7.18. The van der Waals surface area contributed by atoms with E-state index in [0.29, 0.717) is 11.1 Å². The smallest absolute Gasteiger partial charge is 0.271 e. The highest BCUT2D eigenvalue weighted by Gasteiger charge is 2.12. The van der Waals surface area contributed by atoms with Crippen LogP contribution in [0.25, 0.3) is 0 Å². The molecule has 0 aliphatic carbocycles. The van der Waals surface area contributed by atoms with E-state index >= 15 is 0 Å². The summed E-state index contributed by atoms with van der Waals surface area (Å²) >= 11 is 0. The molecule has 0 bridgehead atoms. The van der Waals surface area contributed by atoms with Crippen LogP contribution in [0.1, 0.15) is 11.1 Å². The van der Waals surface area contributed by atoms with Gasteiger partial charge in [0.1, 0.15) is 0 Å². The first-order chi connectivity index (χ1) is 5.63. The third kappa shape index (κ3) is 1.42. The van der Waals surface area contributed by atoms with Crippen molar-refractivity contribution in [2.24, 2.45) is 11.5 Å². The largest absolute Gasteiger partial charge is 0.287 e. The topological polar surface area (TPSA) is 103 Å². The van der Waals surface area contributed by atoms with Gasteiger partial charge in [-0.25, -0.2) is 0 Å². The first-order valence-electron chi connectivity index (χ1n) is 3.48. The Hall–Kier alpha value is -1.84. The molecule has 0 saturated heterocycles. The molecule has 0 aliphatic heterocycles. The second-order valence-corrected chi connectivity index (χ2v) is 2.46. The Morgan fingerprint density at radius 1 is 0.917 bits per heavy atom. The molecule has 0 aromatic heterocycles. The monoisotopic (exact) mass is 164 g/mol. The summed E-state index contributed by atoms with van der Waals surface area (Å²) in [7, 11) is 0. The van der Waals surface area contributed by atoms with Crippen LogP contribution in [0.2, 0.25) is 0 Å². The molecule has 4 nitrogen and oxygen atoms in total. The van der Waals surface area contributed by atoms with Gasteiger partial charge in [-0.3, -0.25) is 22.3 Å². The Labute approximate surface area is 70.2 Å². The lowest BCUT2D eigenvalue weighted by Gasteiger charge is -1.98. The predicted octanol–water partition coefficient (Wildman–Crippen LogP) is -3.38. The Balaban J connectivity index is 3.27. The van der Waals surface area contributed by atoms with Crippen molar-refractivity contribution in [3.05, 3.63) is 35.4 Å². The Bertz CT molecular complexity index is 297. The summed E-state index contributed by atoms with van der Waals surface area (Å²) in [5.41, 5.74) is 12.2. The van der Waals surface area contributed by atoms with E-state index in [-0.39, 0.29) is 11.7 Å². The standard InChI is InChI=1S/C8H10N4/c9-7(10)5-3-1-2-4-6(5)8(11)12/h1-4H,(H3,9,10)(H3,11,12)/p+2. The molecule has 12 heavy (non-hydrogen) atoms. The van der Waals surface area contributed by atoms with E-state index in [1.54, 1.807) is 12.1 Å². The summed E-state index contributed by atoms with van der Waals surface area (Å²) < 4.78 is 0. The first kappa shape index (κ1) is 8.26. The molecule has 0 aliphatic rings. The van der Waals surface area contributed by atoms with E-state index in [0.717, 1.165) is 0 Å². The number of benzene rings is 1. The average molecular weight is 164 g/mol. The third-order valence-corrected chi connectivity index (χ3v) is 1.55. The lowest BCUT2D eigenvalue weighted by molar-refractivity contribution is -0.116. The van der Waals surface area contributed by atoms with Crippen LogP contribution >= 0.6 is 0 Å². The number of nitrogens with two attached hydrogens (primary N) is 4. The van der Waals surface area contributed by atoms with Gasteiger partial charge in [-0.15, -0.1) is 0 Å². The molecule has 0 spiro atoms. The summed E-state index contributed by atoms with van der Waals surface area (Å²) in [5, 5.41) is 10.8. The molecule has 1 aromatic carbocycles. The van der Waals surface area contributed by atoms with Crippen LogP contribution in [0.4, 0.5) is 0 Å². The maximum Gasteiger partial charge on any atom is 0.271 e. The Kier molecular flexibility index (Phi) is 2.09. The van der Waals surface area contributed by atoms with Crippen molar-refractivity contribution in [3.63, 3.8) is 0 Å². The second-order valence-electron chi connectivity index (χ2n) is 2.46. The Morgan fingerprint density at radius 2 is 1.25 bits per heavy atom. The molecule has 1 rings (SSSR count). The highest BCUT2D eigenvalue weighted by atomic mass is 14.7. The number of hydrogen-bond donors (Lipinski definition) is 4. The van der Waals surface area contributed by atoms with E-state index in [4.69, 9.17) is 22.3 Å². The molecule has 0 fully saturated rings. The summed E-state index contributed by atoms with van der Waals surface area (Å²) in [5.74, 6) is 0.443. The lowest BCUT2D eigenvalue weighted by Crippen LogP contribution is -2.50. The van der Waals surface area contributed by atoms with Gasteiger partial charge in [0, 0.05) is 0 Å². The lowest BCUT2D eigenvalue weighted by atomic mass is 10.1. The minimum atomic E-state index is 0.221. The maximum atomic E-state index is 5.42. The quantitative estimate of drug-likeness (QED) is 0.270. The molecule has 0 heterocycles. The number of amidine groups is 2. The highest BCUT2D eigenvalue weighted by molar-refractivity contribution is 6.05. The van der Waals surface area contributed by atoms with Gasteiger partial charge in [-0.1, -0.05) is 12.1 Å². The van der Waals surface area contributed by atoms with Gasteiger partial charge >= 0.3 is 0 Å². The van der Waals surface area contributed by atoms with Crippen molar-refractivity contribution >= 4 is 11.7 Å². The maximum absolute atomic E-state index is 5.42. The van der Waals surface area contributed by atoms with Crippen LogP contribution in [0.5, 0.6) is 0 Å². The van der Waals surface area contributed by atoms with Crippen LogP contribution in [0.15, 0.2) is 24.3 Å². The van der Waals surface area contributed by atoms with Crippen LogP contribution in [-0.2, 0) is 0 Å². The average Bonchev–Trinajstić information content (AvgIpc) is 2.04. The highest BCUT2D eigenvalue weighted by Crippen LogP contribution is 2.04. The Morgan fingerprint density at radius 3 is 1.50 bits per heavy atom. The first-order valence-corrected chi connectivity index (χ1v) is 3.48. The molecule has 0 radical (unpaired) electrons. The molecular weight excluding hydrogens is 152 g/mol. The van der Waals surface area contributed by atoms with Gasteiger partial charge in [-0.05, 0) is 12.1 Å². The van der Waals surface area contributed by atoms with Gasteiger partial charge in [-0.2, -0.15) is 0 Å². The second kappa shape index (κ2) is 3.04. The van der Waals surface area contributed by atoms with Crippen molar-refractivity contribution in [2.45, 2.75) is 0 Å². The zero-order valence-electron chi connectivity index (χ0n) is 6.62. The molecule has 0 saturated carbocycles. The minimum absolute atomic E-state index is 0.221. The van der Waals surface area contributed by atoms with Crippen molar-refractivity contribution in [1.82, 2.24) is 0 Å². The fraction of sp³-hybridized carbons (Fsp3) is 0. The predicted molar refractivity (Wildman–Crippen MR) is 46.9 cm³/mol. The van der Waals surface area contributed by atoms with Crippen LogP contribution < -0.4 is 22.3 Å². The van der Waals surface area contributed by atoms with Crippen molar-refractivity contribution in [1.29, 1.82) is 0 Å². The molecule has 0 amide bonds. The van der Waals surface area contributed by atoms with E-state index in [1.807, 2.05) is 12.1 Å². The van der Waals surface area contributed by atoms with Crippen LogP contribution in [0.3, 0.4) is 0 Å². The normalized spacial score (nSPS) is 9.33. The minimum Gasteiger partial charge on any atom is -0.287 e. The van der Waals surface area contributed by atoms with Gasteiger partial charge < -0.3 is 0 Å².